The molecule has 0 aliphatic heterocycles. The van der Waals surface area contributed by atoms with Gasteiger partial charge >= 0.3 is 5.97 Å². The van der Waals surface area contributed by atoms with Crippen LogP contribution in [0.2, 0.25) is 0 Å². The van der Waals surface area contributed by atoms with Crippen molar-refractivity contribution in [2.45, 2.75) is 58.8 Å². The Morgan fingerprint density at radius 2 is 2.00 bits per heavy atom. The minimum atomic E-state index is -0.763. The van der Waals surface area contributed by atoms with Gasteiger partial charge in [0.1, 0.15) is 5.75 Å². The van der Waals surface area contributed by atoms with Crippen LogP contribution in [0.3, 0.4) is 0 Å². The van der Waals surface area contributed by atoms with Crippen LogP contribution < -0.4 is 4.74 Å². The zero-order valence-electron chi connectivity index (χ0n) is 13.2. The van der Waals surface area contributed by atoms with E-state index in [1.165, 1.54) is 0 Å². The summed E-state index contributed by atoms with van der Waals surface area (Å²) in [5.41, 5.74) is 2.17. The molecule has 0 saturated heterocycles. The largest absolute Gasteiger partial charge is 0.493 e. The quantitative estimate of drug-likeness (QED) is 0.841. The van der Waals surface area contributed by atoms with Crippen LogP contribution in [0.4, 0.5) is 0 Å². The standard InChI is InChI=1S/C17H26O3/c1-6-9-20-15-8-7-13(12(2)10-16(18)19)11-14(15)17(3,4)5/h7-8,11-12H,6,9-10H2,1-5H3,(H,18,19). The van der Waals surface area contributed by atoms with E-state index in [0.717, 1.165) is 23.3 Å². The summed E-state index contributed by atoms with van der Waals surface area (Å²) in [4.78, 5) is 10.8. The molecule has 0 saturated carbocycles. The van der Waals surface area contributed by atoms with Gasteiger partial charge in [-0.3, -0.25) is 4.79 Å². The van der Waals surface area contributed by atoms with Crippen LogP contribution in [-0.4, -0.2) is 17.7 Å². The van der Waals surface area contributed by atoms with Crippen molar-refractivity contribution in [1.29, 1.82) is 0 Å². The molecule has 1 aromatic carbocycles. The van der Waals surface area contributed by atoms with E-state index in [0.29, 0.717) is 6.61 Å². The molecule has 1 N–H and O–H groups in total. The van der Waals surface area contributed by atoms with Crippen molar-refractivity contribution in [2.75, 3.05) is 6.61 Å². The second-order valence-electron chi connectivity index (χ2n) is 6.35. The average Bonchev–Trinajstić information content (AvgIpc) is 2.34. The van der Waals surface area contributed by atoms with Crippen molar-refractivity contribution in [2.24, 2.45) is 0 Å². The highest BCUT2D eigenvalue weighted by Crippen LogP contribution is 2.34. The zero-order valence-corrected chi connectivity index (χ0v) is 13.2. The van der Waals surface area contributed by atoms with E-state index in [1.807, 2.05) is 19.1 Å². The first kappa shape index (κ1) is 16.5. The van der Waals surface area contributed by atoms with E-state index >= 15 is 0 Å². The predicted octanol–water partition coefficient (Wildman–Crippen LogP) is 4.35. The van der Waals surface area contributed by atoms with Gasteiger partial charge in [-0.15, -0.1) is 0 Å². The molecule has 1 aromatic rings. The van der Waals surface area contributed by atoms with Crippen LogP contribution in [0.1, 0.15) is 64.5 Å². The fourth-order valence-electron chi connectivity index (χ4n) is 2.16. The minimum Gasteiger partial charge on any atom is -0.493 e. The molecular formula is C17H26O3. The highest BCUT2D eigenvalue weighted by molar-refractivity contribution is 5.68. The summed E-state index contributed by atoms with van der Waals surface area (Å²) in [6.07, 6.45) is 1.12. The van der Waals surface area contributed by atoms with Crippen LogP contribution in [-0.2, 0) is 10.2 Å². The molecule has 0 aliphatic carbocycles. The van der Waals surface area contributed by atoms with Crippen LogP contribution in [0.5, 0.6) is 5.75 Å². The van der Waals surface area contributed by atoms with Crippen molar-refractivity contribution < 1.29 is 14.6 Å². The molecule has 20 heavy (non-hydrogen) atoms. The molecule has 1 atom stereocenters. The molecular weight excluding hydrogens is 252 g/mol. The van der Waals surface area contributed by atoms with Crippen molar-refractivity contribution in [1.82, 2.24) is 0 Å². The van der Waals surface area contributed by atoms with E-state index < -0.39 is 5.97 Å². The van der Waals surface area contributed by atoms with E-state index in [9.17, 15) is 4.79 Å². The Morgan fingerprint density at radius 1 is 1.35 bits per heavy atom. The van der Waals surface area contributed by atoms with Gasteiger partial charge in [0.15, 0.2) is 0 Å². The topological polar surface area (TPSA) is 46.5 Å². The van der Waals surface area contributed by atoms with Crippen molar-refractivity contribution in [3.8, 4) is 5.75 Å². The van der Waals surface area contributed by atoms with E-state index in [1.54, 1.807) is 0 Å². The maximum Gasteiger partial charge on any atom is 0.303 e. The normalized spacial score (nSPS) is 13.1. The van der Waals surface area contributed by atoms with E-state index in [-0.39, 0.29) is 17.8 Å². The number of carbonyl (C=O) groups is 1. The third kappa shape index (κ3) is 4.55. The highest BCUT2D eigenvalue weighted by Gasteiger charge is 2.21. The summed E-state index contributed by atoms with van der Waals surface area (Å²) >= 11 is 0. The maximum atomic E-state index is 10.8. The Hall–Kier alpha value is -1.51. The molecule has 3 heteroatoms. The molecule has 0 aliphatic rings. The van der Waals surface area contributed by atoms with Gasteiger partial charge in [0, 0.05) is 0 Å². The molecule has 1 unspecified atom stereocenters. The molecule has 0 bridgehead atoms. The Labute approximate surface area is 122 Å². The number of benzene rings is 1. The Morgan fingerprint density at radius 3 is 2.50 bits per heavy atom. The summed E-state index contributed by atoms with van der Waals surface area (Å²) in [5, 5.41) is 8.92. The van der Waals surface area contributed by atoms with E-state index in [4.69, 9.17) is 9.84 Å². The van der Waals surface area contributed by atoms with Crippen LogP contribution in [0.15, 0.2) is 18.2 Å². The summed E-state index contributed by atoms with van der Waals surface area (Å²) in [7, 11) is 0. The molecule has 0 aromatic heterocycles. The van der Waals surface area contributed by atoms with Gasteiger partial charge < -0.3 is 9.84 Å². The minimum absolute atomic E-state index is 0.00817. The summed E-state index contributed by atoms with van der Waals surface area (Å²) in [6.45, 7) is 11.2. The first-order valence-electron chi connectivity index (χ1n) is 7.24. The molecule has 1 rings (SSSR count). The second kappa shape index (κ2) is 6.78. The molecule has 0 heterocycles. The van der Waals surface area contributed by atoms with Crippen molar-refractivity contribution in [3.05, 3.63) is 29.3 Å². The lowest BCUT2D eigenvalue weighted by Crippen LogP contribution is -2.15. The molecule has 3 nitrogen and oxygen atoms in total. The fraction of sp³-hybridized carbons (Fsp3) is 0.588. The number of hydrogen-bond acceptors (Lipinski definition) is 2. The van der Waals surface area contributed by atoms with Gasteiger partial charge in [0.05, 0.1) is 13.0 Å². The van der Waals surface area contributed by atoms with Crippen LogP contribution in [0, 0.1) is 0 Å². The molecule has 0 fully saturated rings. The van der Waals surface area contributed by atoms with E-state index in [2.05, 4.69) is 33.8 Å². The first-order valence-corrected chi connectivity index (χ1v) is 7.24. The number of aliphatic carboxylic acids is 1. The number of carboxylic acid groups (broad SMARTS) is 1. The second-order valence-corrected chi connectivity index (χ2v) is 6.35. The maximum absolute atomic E-state index is 10.8. The van der Waals surface area contributed by atoms with Gasteiger partial charge in [0.2, 0.25) is 0 Å². The number of rotatable bonds is 6. The molecule has 0 amide bonds. The zero-order chi connectivity index (χ0) is 15.3. The van der Waals surface area contributed by atoms with Gasteiger partial charge in [0.25, 0.3) is 0 Å². The van der Waals surface area contributed by atoms with Crippen LogP contribution in [0.25, 0.3) is 0 Å². The predicted molar refractivity (Wildman–Crippen MR) is 81.6 cm³/mol. The lowest BCUT2D eigenvalue weighted by Gasteiger charge is -2.24. The SMILES string of the molecule is CCCOc1ccc(C(C)CC(=O)O)cc1C(C)(C)C. The first-order chi connectivity index (χ1) is 9.25. The number of hydrogen-bond donors (Lipinski definition) is 1. The van der Waals surface area contributed by atoms with Gasteiger partial charge in [-0.25, -0.2) is 0 Å². The summed E-state index contributed by atoms with van der Waals surface area (Å²) in [5.74, 6) is 0.153. The Kier molecular flexibility index (Phi) is 5.61. The molecule has 0 spiro atoms. The summed E-state index contributed by atoms with van der Waals surface area (Å²) < 4.78 is 5.81. The van der Waals surface area contributed by atoms with Gasteiger partial charge in [-0.1, -0.05) is 46.8 Å². The Bertz CT molecular complexity index is 458. The van der Waals surface area contributed by atoms with Gasteiger partial charge in [-0.05, 0) is 34.9 Å². The fourth-order valence-corrected chi connectivity index (χ4v) is 2.16. The third-order valence-corrected chi connectivity index (χ3v) is 3.32. The average molecular weight is 278 g/mol. The highest BCUT2D eigenvalue weighted by atomic mass is 16.5. The van der Waals surface area contributed by atoms with Crippen molar-refractivity contribution >= 4 is 5.97 Å². The number of ether oxygens (including phenoxy) is 1. The lowest BCUT2D eigenvalue weighted by molar-refractivity contribution is -0.137. The number of carboxylic acids is 1. The monoisotopic (exact) mass is 278 g/mol. The summed E-state index contributed by atoms with van der Waals surface area (Å²) in [6, 6.07) is 6.05. The van der Waals surface area contributed by atoms with Crippen LogP contribution >= 0.6 is 0 Å². The lowest BCUT2D eigenvalue weighted by atomic mass is 9.83. The van der Waals surface area contributed by atoms with Gasteiger partial charge in [-0.2, -0.15) is 0 Å². The molecule has 0 radical (unpaired) electrons. The van der Waals surface area contributed by atoms with Crippen molar-refractivity contribution in [3.63, 3.8) is 0 Å². The smallest absolute Gasteiger partial charge is 0.303 e. The molecule has 112 valence electrons. The third-order valence-electron chi connectivity index (χ3n) is 3.32. The Balaban J connectivity index is 3.10.